The van der Waals surface area contributed by atoms with Crippen LogP contribution in [0.25, 0.3) is 22.6 Å². The van der Waals surface area contributed by atoms with Crippen molar-refractivity contribution < 1.29 is 14.1 Å². The first-order valence-electron chi connectivity index (χ1n) is 10.6. The Labute approximate surface area is 195 Å². The number of nitrogens with two attached hydrogens (primary N) is 2. The molecule has 5 N–H and O–H groups in total. The maximum atomic E-state index is 12.2. The van der Waals surface area contributed by atoms with E-state index < -0.39 is 0 Å². The molecule has 0 bridgehead atoms. The molecule has 1 aliphatic heterocycles. The van der Waals surface area contributed by atoms with Crippen molar-refractivity contribution >= 4 is 23.0 Å². The molecule has 1 amide bonds. The molecule has 0 radical (unpaired) electrons. The Bertz CT molecular complexity index is 1200. The van der Waals surface area contributed by atoms with Crippen LogP contribution in [0.5, 0.6) is 0 Å². The number of ether oxygens (including phenoxy) is 1. The van der Waals surface area contributed by atoms with Gasteiger partial charge in [-0.25, -0.2) is 9.97 Å². The van der Waals surface area contributed by atoms with Crippen molar-refractivity contribution in [1.82, 2.24) is 35.2 Å². The molecule has 0 aromatic carbocycles. The molecule has 12 nitrogen and oxygen atoms in total. The third-order valence-electron chi connectivity index (χ3n) is 5.11. The van der Waals surface area contributed by atoms with E-state index in [2.05, 4.69) is 37.1 Å². The summed E-state index contributed by atoms with van der Waals surface area (Å²) in [5.41, 5.74) is 13.7. The zero-order valence-electron chi connectivity index (χ0n) is 18.4. The fourth-order valence-electron chi connectivity index (χ4n) is 3.25. The number of amides is 1. The van der Waals surface area contributed by atoms with Crippen LogP contribution in [0.15, 0.2) is 54.2 Å². The van der Waals surface area contributed by atoms with E-state index in [1.54, 1.807) is 36.9 Å². The second kappa shape index (κ2) is 10.5. The Morgan fingerprint density at radius 2 is 2.12 bits per heavy atom. The van der Waals surface area contributed by atoms with Gasteiger partial charge in [-0.1, -0.05) is 17.8 Å². The molecule has 3 aromatic rings. The fourth-order valence-corrected chi connectivity index (χ4v) is 3.25. The standard InChI is InChI=1S/C22H25N9O3/c1-14(16-8-26-22(24)27-9-16)4-5-15(7-23)20-29-21(34-30-20)17-10-28-31(12-17)13-19(32)25-11-18-3-2-6-33-18/h4-5,7-10,12,18H,1-3,6,11,13,23H2,(H,25,32)(H2,24,26,27)/b5-4-,15-7+. The van der Waals surface area contributed by atoms with Gasteiger partial charge in [0.25, 0.3) is 5.89 Å². The van der Waals surface area contributed by atoms with Gasteiger partial charge in [0.15, 0.2) is 0 Å². The molecule has 1 saturated heterocycles. The zero-order chi connectivity index (χ0) is 23.9. The molecular weight excluding hydrogens is 438 g/mol. The number of rotatable bonds is 9. The SMILES string of the molecule is C=C(/C=C\C(=C/N)c1noc(-c2cnn(CC(=O)NCC3CCCO3)c2)n1)c1cnc(N)nc1. The Balaban J connectivity index is 1.36. The number of hydrogen-bond acceptors (Lipinski definition) is 10. The predicted molar refractivity (Wildman–Crippen MR) is 124 cm³/mol. The molecule has 4 heterocycles. The van der Waals surface area contributed by atoms with Crippen molar-refractivity contribution in [2.45, 2.75) is 25.5 Å². The van der Waals surface area contributed by atoms with Gasteiger partial charge in [0, 0.05) is 49.1 Å². The van der Waals surface area contributed by atoms with Crippen LogP contribution in [0.2, 0.25) is 0 Å². The van der Waals surface area contributed by atoms with Gasteiger partial charge in [-0.05, 0) is 24.5 Å². The minimum absolute atomic E-state index is 0.0708. The van der Waals surface area contributed by atoms with Crippen molar-refractivity contribution in [2.75, 3.05) is 18.9 Å². The van der Waals surface area contributed by atoms with Crippen molar-refractivity contribution in [2.24, 2.45) is 5.73 Å². The molecule has 0 saturated carbocycles. The smallest absolute Gasteiger partial charge is 0.261 e. The molecular formula is C22H25N9O3. The van der Waals surface area contributed by atoms with Crippen LogP contribution in [-0.4, -0.2) is 55.1 Å². The van der Waals surface area contributed by atoms with Gasteiger partial charge in [-0.2, -0.15) is 10.1 Å². The van der Waals surface area contributed by atoms with Crippen LogP contribution >= 0.6 is 0 Å². The Hall–Kier alpha value is -4.32. The summed E-state index contributed by atoms with van der Waals surface area (Å²) in [5.74, 6) is 0.573. The molecule has 1 atom stereocenters. The summed E-state index contributed by atoms with van der Waals surface area (Å²) in [4.78, 5) is 24.4. The Morgan fingerprint density at radius 3 is 2.85 bits per heavy atom. The van der Waals surface area contributed by atoms with Crippen LogP contribution in [0, 0.1) is 0 Å². The topological polar surface area (TPSA) is 173 Å². The average molecular weight is 464 g/mol. The van der Waals surface area contributed by atoms with Crippen LogP contribution in [0.3, 0.4) is 0 Å². The lowest BCUT2D eigenvalue weighted by molar-refractivity contribution is -0.122. The van der Waals surface area contributed by atoms with Gasteiger partial charge in [0.2, 0.25) is 17.7 Å². The van der Waals surface area contributed by atoms with Gasteiger partial charge in [-0.15, -0.1) is 0 Å². The van der Waals surface area contributed by atoms with Crippen molar-refractivity contribution in [3.63, 3.8) is 0 Å². The Kier molecular flexibility index (Phi) is 7.08. The number of carbonyl (C=O) groups is 1. The van der Waals surface area contributed by atoms with Gasteiger partial charge in [-0.3, -0.25) is 9.48 Å². The second-order valence-electron chi connectivity index (χ2n) is 7.60. The summed E-state index contributed by atoms with van der Waals surface area (Å²) in [6.45, 7) is 5.30. The van der Waals surface area contributed by atoms with E-state index in [-0.39, 0.29) is 36.2 Å². The van der Waals surface area contributed by atoms with E-state index in [0.717, 1.165) is 19.4 Å². The van der Waals surface area contributed by atoms with Crippen molar-refractivity contribution in [3.8, 4) is 11.5 Å². The van der Waals surface area contributed by atoms with Gasteiger partial charge in [0.05, 0.1) is 17.9 Å². The summed E-state index contributed by atoms with van der Waals surface area (Å²) in [6, 6.07) is 0. The third-order valence-corrected chi connectivity index (χ3v) is 5.11. The lowest BCUT2D eigenvalue weighted by atomic mass is 10.1. The number of aromatic nitrogens is 6. The Morgan fingerprint density at radius 1 is 1.29 bits per heavy atom. The van der Waals surface area contributed by atoms with Gasteiger partial charge in [0.1, 0.15) is 6.54 Å². The van der Waals surface area contributed by atoms with E-state index in [1.807, 2.05) is 0 Å². The highest BCUT2D eigenvalue weighted by molar-refractivity contribution is 5.78. The number of carbonyl (C=O) groups excluding carboxylic acids is 1. The van der Waals surface area contributed by atoms with Crippen LogP contribution < -0.4 is 16.8 Å². The lowest BCUT2D eigenvalue weighted by Crippen LogP contribution is -2.34. The monoisotopic (exact) mass is 463 g/mol. The number of nitrogens with one attached hydrogen (secondary N) is 1. The number of anilines is 1. The predicted octanol–water partition coefficient (Wildman–Crippen LogP) is 1.17. The molecule has 176 valence electrons. The molecule has 4 rings (SSSR count). The quantitative estimate of drug-likeness (QED) is 0.391. The summed E-state index contributed by atoms with van der Waals surface area (Å²) in [6.07, 6.45) is 13.2. The fraction of sp³-hybridized carbons (Fsp3) is 0.273. The minimum Gasteiger partial charge on any atom is -0.404 e. The highest BCUT2D eigenvalue weighted by Gasteiger charge is 2.17. The summed E-state index contributed by atoms with van der Waals surface area (Å²) in [7, 11) is 0. The lowest BCUT2D eigenvalue weighted by Gasteiger charge is -2.10. The normalized spacial score (nSPS) is 16.2. The van der Waals surface area contributed by atoms with Gasteiger partial charge < -0.3 is 26.0 Å². The molecule has 1 aliphatic rings. The first-order chi connectivity index (χ1) is 16.5. The molecule has 3 aromatic heterocycles. The molecule has 12 heteroatoms. The molecule has 1 unspecified atom stereocenters. The number of hydrogen-bond donors (Lipinski definition) is 3. The van der Waals surface area contributed by atoms with Crippen molar-refractivity contribution in [1.29, 1.82) is 0 Å². The van der Waals surface area contributed by atoms with E-state index in [1.165, 1.54) is 10.9 Å². The average Bonchev–Trinajstić information content (AvgIpc) is 3.60. The van der Waals surface area contributed by atoms with Crippen molar-refractivity contribution in [3.05, 3.63) is 61.1 Å². The largest absolute Gasteiger partial charge is 0.404 e. The maximum absolute atomic E-state index is 12.2. The first-order valence-corrected chi connectivity index (χ1v) is 10.6. The number of nitrogens with zero attached hydrogens (tertiary/aromatic N) is 6. The summed E-state index contributed by atoms with van der Waals surface area (Å²) >= 11 is 0. The highest BCUT2D eigenvalue weighted by atomic mass is 16.5. The highest BCUT2D eigenvalue weighted by Crippen LogP contribution is 2.21. The van der Waals surface area contributed by atoms with Gasteiger partial charge >= 0.3 is 0 Å². The van der Waals surface area contributed by atoms with Crippen LogP contribution in [0.4, 0.5) is 5.95 Å². The molecule has 1 fully saturated rings. The van der Waals surface area contributed by atoms with E-state index in [9.17, 15) is 4.79 Å². The van der Waals surface area contributed by atoms with E-state index in [0.29, 0.717) is 28.8 Å². The molecule has 0 spiro atoms. The third kappa shape index (κ3) is 5.72. The molecule has 34 heavy (non-hydrogen) atoms. The maximum Gasteiger partial charge on any atom is 0.261 e. The van der Waals surface area contributed by atoms with E-state index in [4.69, 9.17) is 20.7 Å². The van der Waals surface area contributed by atoms with E-state index >= 15 is 0 Å². The molecule has 0 aliphatic carbocycles. The number of allylic oxidation sites excluding steroid dienone is 4. The summed E-state index contributed by atoms with van der Waals surface area (Å²) < 4.78 is 12.4. The van der Waals surface area contributed by atoms with Crippen LogP contribution in [-0.2, 0) is 16.1 Å². The zero-order valence-corrected chi connectivity index (χ0v) is 18.4. The van der Waals surface area contributed by atoms with Crippen LogP contribution in [0.1, 0.15) is 24.2 Å². The number of nitrogen functional groups attached to an aromatic ring is 1. The second-order valence-corrected chi connectivity index (χ2v) is 7.60. The summed E-state index contributed by atoms with van der Waals surface area (Å²) in [5, 5.41) is 11.0. The minimum atomic E-state index is -0.151. The first kappa shape index (κ1) is 22.9.